The molecule has 0 aliphatic rings. The van der Waals surface area contributed by atoms with Gasteiger partial charge >= 0.3 is 178 Å². The van der Waals surface area contributed by atoms with Gasteiger partial charge < -0.3 is 10.2 Å². The maximum atomic E-state index is 13.8. The summed E-state index contributed by atoms with van der Waals surface area (Å²) < 4.78 is 751. The summed E-state index contributed by atoms with van der Waals surface area (Å²) in [4.78, 5) is 19.9. The van der Waals surface area contributed by atoms with E-state index in [1.54, 1.807) is 9.47 Å². The molecule has 0 saturated carbocycles. The number of aliphatic carboxylic acids is 2. The predicted octanol–water partition coefficient (Wildman–Crippen LogP) is 15.1. The largest absolute Gasteiger partial charge is 0.498 e. The molecule has 0 fully saturated rings. The van der Waals surface area contributed by atoms with Crippen LogP contribution in [-0.2, 0) is 90.1 Å². The number of ether oxygens (including phenoxy) is 17. The Labute approximate surface area is 517 Å². The van der Waals surface area contributed by atoms with Gasteiger partial charge in [0.25, 0.3) is 0 Å². The molecule has 0 radical (unpaired) electrons. The van der Waals surface area contributed by atoms with E-state index in [9.17, 15) is 247 Å². The van der Waals surface area contributed by atoms with E-state index in [2.05, 4.69) is 0 Å². The van der Waals surface area contributed by atoms with Gasteiger partial charge in [-0.15, -0.1) is 61.5 Å². The molecule has 0 atom stereocenters. The van der Waals surface area contributed by atoms with E-state index in [4.69, 9.17) is 10.2 Å². The Morgan fingerprint density at radius 2 is 0.221 bits per heavy atom. The normalized spacial score (nSPS) is 16.4. The SMILES string of the molecule is O=C(O)C(F)(F)OC(F)(F)OC(F)(F)OC(F)(F)OC(F)(F)OC(F)(F)OC(F)(F)OC(F)(F)OC(F)(F)C(F)(F)OC(F)(F)C(F)(F)OC(F)(F)C(F)(F)OC(F)(F)C(F)(F)OC(F)(F)C(F)(F)OC(F)(F)C(F)(F)OC(F)(F)C(F)(F)OC(F)(F)C(F)(F)OC(F)(F)C(F)(F)OC(F)(F)C(=O)O. The molecule has 0 amide bonds. The molecule has 0 heterocycles. The number of alkyl halides is 54. The first kappa shape index (κ1) is 98.5. The minimum absolute atomic E-state index is 0.786. The Hall–Kier alpha value is -5.52. The van der Waals surface area contributed by atoms with Crippen molar-refractivity contribution in [3.05, 3.63) is 0 Å². The Morgan fingerprint density at radius 1 is 0.135 bits per heavy atom. The summed E-state index contributed by atoms with van der Waals surface area (Å²) in [5.41, 5.74) is 0. The summed E-state index contributed by atoms with van der Waals surface area (Å²) >= 11 is 0. The molecule has 0 spiro atoms. The number of carbonyl (C=O) groups is 2. The van der Waals surface area contributed by atoms with Crippen molar-refractivity contribution in [2.75, 3.05) is 0 Å². The molecule has 0 aromatic carbocycles. The number of hydrogen-bond donors (Lipinski definition) is 2. The first-order valence-corrected chi connectivity index (χ1v) is 20.8. The van der Waals surface area contributed by atoms with Crippen molar-refractivity contribution < 1.29 is 337 Å². The molecular formula is C29H2F54O21. The van der Waals surface area contributed by atoms with Crippen LogP contribution >= 0.6 is 0 Å². The van der Waals surface area contributed by atoms with Crippen molar-refractivity contribution in [2.24, 2.45) is 0 Å². The first-order valence-electron chi connectivity index (χ1n) is 20.8. The molecular weight excluding hydrogens is 1710 g/mol. The van der Waals surface area contributed by atoms with Gasteiger partial charge in [0.1, 0.15) is 0 Å². The highest BCUT2D eigenvalue weighted by atomic mass is 19.4. The lowest BCUT2D eigenvalue weighted by Gasteiger charge is -2.37. The average molecular weight is 1710 g/mol. The molecule has 0 aromatic heterocycles. The fourth-order valence-corrected chi connectivity index (χ4v) is 3.88. The van der Waals surface area contributed by atoms with Gasteiger partial charge in [-0.25, -0.2) is 90.1 Å². The van der Waals surface area contributed by atoms with E-state index in [1.807, 2.05) is 0 Å². The third kappa shape index (κ3) is 24.5. The van der Waals surface area contributed by atoms with Crippen LogP contribution in [-0.4, -0.2) is 188 Å². The molecule has 0 aliphatic heterocycles. The second-order valence-electron chi connectivity index (χ2n) is 15.9. The van der Waals surface area contributed by atoms with Crippen molar-refractivity contribution in [1.29, 1.82) is 0 Å². The van der Waals surface area contributed by atoms with Crippen molar-refractivity contribution in [3.8, 4) is 0 Å². The molecule has 0 rings (SSSR count). The lowest BCUT2D eigenvalue weighted by molar-refractivity contribution is -0.648. The van der Waals surface area contributed by atoms with E-state index in [0.717, 1.165) is 42.6 Å². The van der Waals surface area contributed by atoms with Crippen LogP contribution in [0, 0.1) is 0 Å². The van der Waals surface area contributed by atoms with Gasteiger partial charge in [0.2, 0.25) is 0 Å². The number of hydrogen-bond acceptors (Lipinski definition) is 19. The number of rotatable bonds is 45. The zero-order valence-corrected chi connectivity index (χ0v) is 43.6. The Kier molecular flexibility index (Phi) is 26.7. The third-order valence-corrected chi connectivity index (χ3v) is 7.77. The van der Waals surface area contributed by atoms with Crippen molar-refractivity contribution in [3.63, 3.8) is 0 Å². The van der Waals surface area contributed by atoms with Crippen molar-refractivity contribution in [1.82, 2.24) is 0 Å². The summed E-state index contributed by atoms with van der Waals surface area (Å²) in [6, 6.07) is 0. The monoisotopic (exact) mass is 1710 g/mol. The van der Waals surface area contributed by atoms with Gasteiger partial charge in [0.05, 0.1) is 0 Å². The first-order chi connectivity index (χ1) is 44.2. The molecule has 0 bridgehead atoms. The number of carboxylic acids is 2. The van der Waals surface area contributed by atoms with Crippen LogP contribution in [0.5, 0.6) is 0 Å². The summed E-state index contributed by atoms with van der Waals surface area (Å²) in [5, 5.41) is 15.6. The standard InChI is InChI=1S/C29H2F54O21/c30-3(31,1(84)85)88-5(34,35)6(36,37)90-7(38,39)8(40,41)91-9(42,43)10(44,45)92-11(46,47)12(48,49)93-13(50,51)14(52,53)94-15(54,55)16(56,57)95-17(58,59)18(60,61)96-19(62,63)20(64,65)97-21(66,67)22(68,69)98-24(72,73)100-26(76,77)102-28(80,81)104-29(82,83)103-27(78,79)101-25(74,75)99-23(70,71)89-4(32,33)2(86)87/h(H,84,85)(H,86,87). The Balaban J connectivity index is 6.58. The Bertz CT molecular complexity index is 2930. The fourth-order valence-electron chi connectivity index (χ4n) is 3.88. The molecule has 0 saturated heterocycles. The van der Waals surface area contributed by atoms with Crippen LogP contribution in [0.25, 0.3) is 0 Å². The second-order valence-corrected chi connectivity index (χ2v) is 15.9. The quantitative estimate of drug-likeness (QED) is 0.0426. The summed E-state index contributed by atoms with van der Waals surface area (Å²) in [7, 11) is 0. The number of halogens is 54. The lowest BCUT2D eigenvalue weighted by Crippen LogP contribution is -2.63. The molecule has 0 unspecified atom stereocenters. The van der Waals surface area contributed by atoms with Crippen LogP contribution < -0.4 is 0 Å². The minimum atomic E-state index is -8.98. The molecule has 0 aromatic rings. The molecule has 2 N–H and O–H groups in total. The smallest absolute Gasteiger partial charge is 0.475 e. The highest BCUT2D eigenvalue weighted by Gasteiger charge is 2.84. The highest BCUT2D eigenvalue weighted by Crippen LogP contribution is 2.58. The van der Waals surface area contributed by atoms with Gasteiger partial charge in [0.15, 0.2) is 0 Å². The van der Waals surface area contributed by atoms with E-state index in [-0.39, 0.29) is 0 Å². The van der Waals surface area contributed by atoms with E-state index < -0.39 is 178 Å². The summed E-state index contributed by atoms with van der Waals surface area (Å²) in [6.45, 7) is 0. The van der Waals surface area contributed by atoms with Gasteiger partial charge in [-0.2, -0.15) is 176 Å². The van der Waals surface area contributed by atoms with Crippen LogP contribution in [0.1, 0.15) is 0 Å². The molecule has 75 heteroatoms. The Morgan fingerprint density at radius 3 is 0.346 bits per heavy atom. The predicted molar refractivity (Wildman–Crippen MR) is 167 cm³/mol. The number of carboxylic acid groups (broad SMARTS) is 2. The maximum Gasteiger partial charge on any atom is 0.498 e. The summed E-state index contributed by atoms with van der Waals surface area (Å²) in [5.74, 6) is -8.03. The van der Waals surface area contributed by atoms with Crippen LogP contribution in [0.3, 0.4) is 0 Å². The molecule has 0 aliphatic carbocycles. The second kappa shape index (κ2) is 28.2. The fraction of sp³-hybridized carbons (Fsp3) is 0.931. The van der Waals surface area contributed by atoms with Crippen LogP contribution in [0.2, 0.25) is 0 Å². The van der Waals surface area contributed by atoms with E-state index in [1.165, 1.54) is 28.4 Å². The zero-order chi connectivity index (χ0) is 84.7. The molecule has 622 valence electrons. The minimum Gasteiger partial charge on any atom is -0.475 e. The third-order valence-electron chi connectivity index (χ3n) is 7.77. The average Bonchev–Trinajstić information content (AvgIpc) is 0.749. The van der Waals surface area contributed by atoms with Gasteiger partial charge in [-0.1, -0.05) is 0 Å². The van der Waals surface area contributed by atoms with Crippen LogP contribution in [0.15, 0.2) is 0 Å². The molecule has 21 nitrogen and oxygen atoms in total. The maximum absolute atomic E-state index is 13.8. The lowest BCUT2D eigenvalue weighted by atomic mass is 10.4. The van der Waals surface area contributed by atoms with E-state index >= 15 is 0 Å². The van der Waals surface area contributed by atoms with Crippen molar-refractivity contribution in [2.45, 2.75) is 166 Å². The highest BCUT2D eigenvalue weighted by molar-refractivity contribution is 5.73. The van der Waals surface area contributed by atoms with E-state index in [0.29, 0.717) is 0 Å². The van der Waals surface area contributed by atoms with Crippen molar-refractivity contribution >= 4 is 11.9 Å². The van der Waals surface area contributed by atoms with Gasteiger partial charge in [-0.05, 0) is 0 Å². The van der Waals surface area contributed by atoms with Gasteiger partial charge in [-0.3, -0.25) is 0 Å². The topological polar surface area (TPSA) is 232 Å². The zero-order valence-electron chi connectivity index (χ0n) is 43.6. The summed E-state index contributed by atoms with van der Waals surface area (Å²) in [6.07, 6.45) is -224. The molecule has 104 heavy (non-hydrogen) atoms. The van der Waals surface area contributed by atoms with Gasteiger partial charge in [0, 0.05) is 0 Å². The van der Waals surface area contributed by atoms with Crippen LogP contribution in [0.4, 0.5) is 237 Å².